The number of ether oxygens (including phenoxy) is 4. The number of hydrogen-bond acceptors (Lipinski definition) is 13. The minimum Gasteiger partial charge on any atom is -0.464 e. The Morgan fingerprint density at radius 1 is 0.734 bits per heavy atom. The number of Topliss-reactive ketones (excluding diaryl/α,β-unsaturated/α-hetero) is 1. The lowest BCUT2D eigenvalue weighted by molar-refractivity contribution is -0.170. The molecule has 0 spiro atoms. The number of rotatable bonds is 11. The Morgan fingerprint density at radius 3 is 1.59 bits per heavy atom. The number of ketones is 1. The van der Waals surface area contributed by atoms with Crippen molar-refractivity contribution in [3.63, 3.8) is 0 Å². The van der Waals surface area contributed by atoms with Crippen molar-refractivity contribution in [2.24, 2.45) is 23.7 Å². The number of likely N-dealkylation sites (tertiary alicyclic amines) is 1. The number of hydrogen-bond donors (Lipinski definition) is 0. The Morgan fingerprint density at radius 2 is 1.20 bits per heavy atom. The number of aryl methyl sites for hydroxylation is 8. The Hall–Kier alpha value is -4.71. The van der Waals surface area contributed by atoms with Gasteiger partial charge in [0.05, 0.1) is 61.7 Å². The molecule has 3 aliphatic rings. The molecule has 8 atom stereocenters. The molecule has 3 aliphatic heterocycles. The van der Waals surface area contributed by atoms with Gasteiger partial charge in [-0.05, 0) is 81.2 Å². The van der Waals surface area contributed by atoms with Crippen LogP contribution in [0.5, 0.6) is 0 Å². The SMILES string of the molecule is C=C(C(=O)OC)N1C(=O)C(C(C)OC)C1[C@@H](C)C(=O)CC.CCC1=C(C(=O)OC)N2C(=O)C(C(C)OC)C2[C@H]1C.Cc1sc2c(C)nc(C)n2c1C.Cc1sc2c(C)nc(C)n2c1C. The Labute approximate surface area is 385 Å². The summed E-state index contributed by atoms with van der Waals surface area (Å²) in [6.45, 7) is 31.7. The summed E-state index contributed by atoms with van der Waals surface area (Å²) in [4.78, 5) is 77.2. The van der Waals surface area contributed by atoms with Gasteiger partial charge in [0, 0.05) is 53.6 Å². The van der Waals surface area contributed by atoms with Crippen LogP contribution in [0.1, 0.15) is 98.6 Å². The van der Waals surface area contributed by atoms with Crippen LogP contribution in [-0.4, -0.2) is 111 Å². The van der Waals surface area contributed by atoms with Gasteiger partial charge in [0.1, 0.15) is 38.5 Å². The van der Waals surface area contributed by atoms with Crippen LogP contribution in [0.15, 0.2) is 23.5 Å². The average molecular weight is 925 g/mol. The number of methoxy groups -OCH3 is 4. The second-order valence-corrected chi connectivity index (χ2v) is 19.0. The average Bonchev–Trinajstić information content (AvgIpc) is 4.00. The van der Waals surface area contributed by atoms with Crippen LogP contribution in [0.4, 0.5) is 0 Å². The molecule has 4 aromatic heterocycles. The summed E-state index contributed by atoms with van der Waals surface area (Å²) >= 11 is 3.65. The van der Waals surface area contributed by atoms with Crippen LogP contribution < -0.4 is 0 Å². The summed E-state index contributed by atoms with van der Waals surface area (Å²) < 4.78 is 24.4. The molecular formula is C47H68N6O9S2. The molecular weight excluding hydrogens is 857 g/mol. The maximum Gasteiger partial charge on any atom is 0.354 e. The van der Waals surface area contributed by atoms with Crippen molar-refractivity contribution < 1.29 is 42.9 Å². The van der Waals surface area contributed by atoms with Gasteiger partial charge in [-0.15, -0.1) is 22.7 Å². The summed E-state index contributed by atoms with van der Waals surface area (Å²) in [5, 5.41) is 0. The van der Waals surface area contributed by atoms with E-state index in [1.165, 1.54) is 57.0 Å². The van der Waals surface area contributed by atoms with Gasteiger partial charge in [-0.1, -0.05) is 34.3 Å². The molecule has 6 unspecified atom stereocenters. The molecule has 7 heterocycles. The van der Waals surface area contributed by atoms with E-state index < -0.39 is 29.8 Å². The van der Waals surface area contributed by atoms with E-state index in [-0.39, 0.29) is 53.4 Å². The molecule has 64 heavy (non-hydrogen) atoms. The third-order valence-corrected chi connectivity index (χ3v) is 15.6. The molecule has 0 aromatic carbocycles. The van der Waals surface area contributed by atoms with Crippen molar-refractivity contribution in [2.75, 3.05) is 28.4 Å². The number of β-lactam (4-membered cyclic amide) rings is 2. The quantitative estimate of drug-likeness (QED) is 0.0822. The highest BCUT2D eigenvalue weighted by Gasteiger charge is 2.60. The van der Waals surface area contributed by atoms with Gasteiger partial charge in [-0.2, -0.15) is 0 Å². The largest absolute Gasteiger partial charge is 0.464 e. The number of esters is 2. The first-order chi connectivity index (χ1) is 30.0. The molecule has 15 nitrogen and oxygen atoms in total. The maximum atomic E-state index is 12.3. The molecule has 0 N–H and O–H groups in total. The molecule has 7 rings (SSSR count). The second kappa shape index (κ2) is 21.1. The summed E-state index contributed by atoms with van der Waals surface area (Å²) in [5.41, 5.74) is 6.37. The van der Waals surface area contributed by atoms with Crippen LogP contribution in [0, 0.1) is 79.1 Å². The lowest BCUT2D eigenvalue weighted by Gasteiger charge is -2.51. The zero-order valence-electron chi connectivity index (χ0n) is 40.9. The molecule has 2 amide bonds. The van der Waals surface area contributed by atoms with E-state index in [1.807, 2.05) is 36.5 Å². The Kier molecular flexibility index (Phi) is 17.1. The number of amides is 2. The van der Waals surface area contributed by atoms with Gasteiger partial charge in [0.15, 0.2) is 0 Å². The van der Waals surface area contributed by atoms with Gasteiger partial charge < -0.3 is 28.7 Å². The molecule has 2 saturated heterocycles. The van der Waals surface area contributed by atoms with Crippen LogP contribution in [0.25, 0.3) is 9.66 Å². The fourth-order valence-electron chi connectivity index (χ4n) is 9.16. The summed E-state index contributed by atoms with van der Waals surface area (Å²) in [7, 11) is 5.69. The molecule has 2 fully saturated rings. The molecule has 0 radical (unpaired) electrons. The zero-order valence-corrected chi connectivity index (χ0v) is 42.5. The van der Waals surface area contributed by atoms with Crippen molar-refractivity contribution in [1.82, 2.24) is 28.6 Å². The van der Waals surface area contributed by atoms with Gasteiger partial charge >= 0.3 is 11.9 Å². The first kappa shape index (κ1) is 51.9. The van der Waals surface area contributed by atoms with Crippen LogP contribution in [-0.2, 0) is 42.9 Å². The highest BCUT2D eigenvalue weighted by Crippen LogP contribution is 2.48. The standard InChI is InChI=1S/C15H23NO5.C14H21NO4.2C9H12N2S/c1-7-11(17)8(2)13-12(10(4)20-5)14(18)16(13)9(3)15(19)21-6;1-6-9-7(2)11-10(8(3)18-4)13(16)15(11)12(9)14(17)19-5;2*1-5-9-11(8(4)10-5)6(2)7(3)12-9/h8,10,12-13H,3,7H2,1-2,4-6H3;7-8,10-11H,6H2,1-5H3;2*1-4H3/t8-,10?,12?,13?;7-,8?,10?,11?;;/m00../s1. The number of carbonyl (C=O) groups excluding carboxylic acids is 5. The molecule has 0 bridgehead atoms. The van der Waals surface area contributed by atoms with E-state index >= 15 is 0 Å². The van der Waals surface area contributed by atoms with Crippen LogP contribution >= 0.6 is 22.7 Å². The molecule has 0 aliphatic carbocycles. The van der Waals surface area contributed by atoms with Crippen molar-refractivity contribution in [3.05, 3.63) is 67.7 Å². The topological polar surface area (TPSA) is 163 Å². The van der Waals surface area contributed by atoms with Crippen molar-refractivity contribution >= 4 is 61.9 Å². The van der Waals surface area contributed by atoms with Crippen molar-refractivity contribution in [3.8, 4) is 0 Å². The lowest BCUT2D eigenvalue weighted by Crippen LogP contribution is -2.67. The predicted molar refractivity (Wildman–Crippen MR) is 249 cm³/mol. The predicted octanol–water partition coefficient (Wildman–Crippen LogP) is 7.74. The van der Waals surface area contributed by atoms with E-state index in [1.54, 1.807) is 32.8 Å². The summed E-state index contributed by atoms with van der Waals surface area (Å²) in [5.74, 6) is 0.0190. The molecule has 17 heteroatoms. The first-order valence-electron chi connectivity index (χ1n) is 21.7. The molecule has 0 saturated carbocycles. The molecule has 352 valence electrons. The van der Waals surface area contributed by atoms with E-state index in [2.05, 4.69) is 92.4 Å². The number of carbonyl (C=O) groups is 5. The van der Waals surface area contributed by atoms with Crippen LogP contribution in [0.2, 0.25) is 0 Å². The third-order valence-electron chi connectivity index (χ3n) is 13.1. The summed E-state index contributed by atoms with van der Waals surface area (Å²) in [6.07, 6.45) is 0.654. The highest BCUT2D eigenvalue weighted by molar-refractivity contribution is 7.18. The lowest BCUT2D eigenvalue weighted by atomic mass is 9.74. The number of nitrogens with zero attached hydrogens (tertiary/aromatic N) is 6. The normalized spacial score (nSPS) is 21.4. The minimum absolute atomic E-state index is 0.0310. The minimum atomic E-state index is -0.673. The van der Waals surface area contributed by atoms with Crippen LogP contribution in [0.3, 0.4) is 0 Å². The van der Waals surface area contributed by atoms with Gasteiger partial charge in [-0.25, -0.2) is 19.6 Å². The van der Waals surface area contributed by atoms with Gasteiger partial charge in [-0.3, -0.25) is 23.2 Å². The van der Waals surface area contributed by atoms with Gasteiger partial charge in [0.2, 0.25) is 11.8 Å². The summed E-state index contributed by atoms with van der Waals surface area (Å²) in [6, 6.07) is -0.391. The third kappa shape index (κ3) is 9.36. The van der Waals surface area contributed by atoms with E-state index in [0.717, 1.165) is 35.0 Å². The Bertz CT molecular complexity index is 2370. The first-order valence-corrected chi connectivity index (χ1v) is 23.3. The fourth-order valence-corrected chi connectivity index (χ4v) is 11.3. The number of fused-ring (bicyclic) bond motifs is 3. The van der Waals surface area contributed by atoms with Crippen molar-refractivity contribution in [1.29, 1.82) is 0 Å². The fraction of sp³-hybridized carbons (Fsp3) is 0.596. The number of thiazole rings is 2. The van der Waals surface area contributed by atoms with E-state index in [0.29, 0.717) is 12.1 Å². The van der Waals surface area contributed by atoms with E-state index in [9.17, 15) is 24.0 Å². The second-order valence-electron chi connectivity index (χ2n) is 16.6. The van der Waals surface area contributed by atoms with E-state index in [4.69, 9.17) is 14.2 Å². The smallest absolute Gasteiger partial charge is 0.354 e. The Balaban J connectivity index is 0.000000192. The molecule has 4 aromatic rings. The number of imidazole rings is 2. The number of aromatic nitrogens is 4. The van der Waals surface area contributed by atoms with Crippen molar-refractivity contribution in [2.45, 2.75) is 134 Å². The highest BCUT2D eigenvalue weighted by atomic mass is 32.1. The van der Waals surface area contributed by atoms with Gasteiger partial charge in [0.25, 0.3) is 0 Å². The maximum absolute atomic E-state index is 12.3. The zero-order chi connectivity index (χ0) is 48.4. The monoisotopic (exact) mass is 924 g/mol.